The summed E-state index contributed by atoms with van der Waals surface area (Å²) in [5.74, 6) is -0.203. The van der Waals surface area contributed by atoms with Crippen LogP contribution in [0.2, 0.25) is 0 Å². The summed E-state index contributed by atoms with van der Waals surface area (Å²) in [6, 6.07) is 0.252. The molecule has 0 aromatic carbocycles. The first-order valence-electron chi connectivity index (χ1n) is 5.26. The second-order valence-electron chi connectivity index (χ2n) is 4.62. The van der Waals surface area contributed by atoms with Gasteiger partial charge in [-0.2, -0.15) is 0 Å². The van der Waals surface area contributed by atoms with Gasteiger partial charge in [0.05, 0.1) is 6.54 Å². The number of ether oxygens (including phenoxy) is 1. The maximum atomic E-state index is 11.4. The van der Waals surface area contributed by atoms with Gasteiger partial charge in [-0.05, 0) is 27.2 Å². The summed E-state index contributed by atoms with van der Waals surface area (Å²) in [6.45, 7) is 5.87. The van der Waals surface area contributed by atoms with Crippen molar-refractivity contribution in [1.29, 1.82) is 0 Å². The molecule has 0 aliphatic heterocycles. The van der Waals surface area contributed by atoms with E-state index >= 15 is 0 Å². The number of rotatable bonds is 3. The molecule has 0 heterocycles. The predicted octanol–water partition coefficient (Wildman–Crippen LogP) is 1.80. The number of carbonyl (C=O) groups excluding carboxylic acids is 1. The van der Waals surface area contributed by atoms with Crippen molar-refractivity contribution in [2.24, 2.45) is 0 Å². The van der Waals surface area contributed by atoms with Gasteiger partial charge in [0.15, 0.2) is 0 Å². The van der Waals surface area contributed by atoms with E-state index in [9.17, 15) is 4.79 Å². The summed E-state index contributed by atoms with van der Waals surface area (Å²) in [5.41, 5.74) is -0.402. The smallest absolute Gasteiger partial charge is 0.320 e. The van der Waals surface area contributed by atoms with Crippen LogP contribution in [-0.2, 0) is 9.53 Å². The molecule has 1 aliphatic carbocycles. The normalized spacial score (nSPS) is 20.3. The lowest BCUT2D eigenvalue weighted by atomic mass is 10.1. The minimum absolute atomic E-state index is 0.203. The Bertz CT molecular complexity index is 274. The van der Waals surface area contributed by atoms with E-state index in [2.05, 4.69) is 11.4 Å². The molecule has 1 N–H and O–H groups in total. The van der Waals surface area contributed by atoms with E-state index in [4.69, 9.17) is 4.74 Å². The Balaban J connectivity index is 2.22. The van der Waals surface area contributed by atoms with Gasteiger partial charge in [-0.3, -0.25) is 4.79 Å². The highest BCUT2D eigenvalue weighted by Crippen LogP contribution is 2.07. The first-order chi connectivity index (χ1) is 6.97. The van der Waals surface area contributed by atoms with Gasteiger partial charge in [-0.15, -0.1) is 0 Å². The zero-order chi connectivity index (χ0) is 11.3. The van der Waals surface area contributed by atoms with Crippen molar-refractivity contribution in [3.8, 4) is 0 Å². The van der Waals surface area contributed by atoms with Gasteiger partial charge >= 0.3 is 5.97 Å². The van der Waals surface area contributed by atoms with Crippen molar-refractivity contribution in [3.05, 3.63) is 24.3 Å². The highest BCUT2D eigenvalue weighted by atomic mass is 16.6. The van der Waals surface area contributed by atoms with Crippen LogP contribution in [0.1, 0.15) is 27.2 Å². The van der Waals surface area contributed by atoms with Crippen LogP contribution in [0.4, 0.5) is 0 Å². The van der Waals surface area contributed by atoms with Crippen LogP contribution in [0, 0.1) is 0 Å². The molecule has 0 unspecified atom stereocenters. The molecule has 0 fully saturated rings. The average molecular weight is 209 g/mol. The molecule has 0 aromatic heterocycles. The van der Waals surface area contributed by atoms with Crippen LogP contribution in [0.5, 0.6) is 0 Å². The predicted molar refractivity (Wildman–Crippen MR) is 60.5 cm³/mol. The van der Waals surface area contributed by atoms with Gasteiger partial charge in [-0.1, -0.05) is 24.3 Å². The summed E-state index contributed by atoms with van der Waals surface area (Å²) < 4.78 is 5.19. The second kappa shape index (κ2) is 5.12. The van der Waals surface area contributed by atoms with Gasteiger partial charge in [0.1, 0.15) is 5.60 Å². The third-order valence-electron chi connectivity index (χ3n) is 1.91. The second-order valence-corrected chi connectivity index (χ2v) is 4.62. The highest BCUT2D eigenvalue weighted by Gasteiger charge is 2.16. The average Bonchev–Trinajstić information content (AvgIpc) is 2.14. The molecule has 0 bridgehead atoms. The van der Waals surface area contributed by atoms with Gasteiger partial charge in [0.25, 0.3) is 0 Å². The van der Waals surface area contributed by atoms with Crippen molar-refractivity contribution in [2.75, 3.05) is 6.54 Å². The fraction of sp³-hybridized carbons (Fsp3) is 0.583. The lowest BCUT2D eigenvalue weighted by molar-refractivity contribution is -0.153. The minimum atomic E-state index is -0.402. The van der Waals surface area contributed by atoms with Gasteiger partial charge in [0.2, 0.25) is 0 Å². The van der Waals surface area contributed by atoms with E-state index in [0.29, 0.717) is 0 Å². The minimum Gasteiger partial charge on any atom is -0.459 e. The Morgan fingerprint density at radius 1 is 1.47 bits per heavy atom. The molecule has 0 saturated carbocycles. The quantitative estimate of drug-likeness (QED) is 0.720. The maximum Gasteiger partial charge on any atom is 0.320 e. The molecule has 1 rings (SSSR count). The van der Waals surface area contributed by atoms with E-state index in [-0.39, 0.29) is 18.6 Å². The Morgan fingerprint density at radius 3 is 2.73 bits per heavy atom. The summed E-state index contributed by atoms with van der Waals surface area (Å²) in [4.78, 5) is 11.4. The molecule has 15 heavy (non-hydrogen) atoms. The summed E-state index contributed by atoms with van der Waals surface area (Å²) >= 11 is 0. The summed E-state index contributed by atoms with van der Waals surface area (Å²) in [5, 5.41) is 3.13. The van der Waals surface area contributed by atoms with Crippen LogP contribution in [0.25, 0.3) is 0 Å². The molecule has 0 saturated heterocycles. The zero-order valence-corrected chi connectivity index (χ0v) is 9.62. The molecule has 3 heteroatoms. The largest absolute Gasteiger partial charge is 0.459 e. The third-order valence-corrected chi connectivity index (χ3v) is 1.91. The standard InChI is InChI=1S/C12H19NO2/c1-12(2,3)15-11(14)9-13-10-7-5-4-6-8-10/h4-7,10,13H,8-9H2,1-3H3/t10-/m1/s1. The Hall–Kier alpha value is -1.09. The van der Waals surface area contributed by atoms with E-state index in [1.807, 2.05) is 39.0 Å². The van der Waals surface area contributed by atoms with Crippen LogP contribution in [0.3, 0.4) is 0 Å². The topological polar surface area (TPSA) is 38.3 Å². The first-order valence-corrected chi connectivity index (χ1v) is 5.26. The van der Waals surface area contributed by atoms with Gasteiger partial charge < -0.3 is 10.1 Å². The first kappa shape index (κ1) is 12.0. The monoisotopic (exact) mass is 209 g/mol. The zero-order valence-electron chi connectivity index (χ0n) is 9.62. The van der Waals surface area contributed by atoms with Crippen LogP contribution >= 0.6 is 0 Å². The van der Waals surface area contributed by atoms with Crippen molar-refractivity contribution in [2.45, 2.75) is 38.8 Å². The number of hydrogen-bond donors (Lipinski definition) is 1. The van der Waals surface area contributed by atoms with Crippen molar-refractivity contribution in [3.63, 3.8) is 0 Å². The lowest BCUT2D eigenvalue weighted by Gasteiger charge is -2.21. The van der Waals surface area contributed by atoms with E-state index < -0.39 is 5.60 Å². The van der Waals surface area contributed by atoms with Crippen LogP contribution < -0.4 is 5.32 Å². The number of allylic oxidation sites excluding steroid dienone is 2. The molecule has 0 radical (unpaired) electrons. The molecule has 0 amide bonds. The van der Waals surface area contributed by atoms with Crippen LogP contribution in [-0.4, -0.2) is 24.2 Å². The fourth-order valence-corrected chi connectivity index (χ4v) is 1.32. The molecule has 3 nitrogen and oxygen atoms in total. The van der Waals surface area contributed by atoms with E-state index in [1.54, 1.807) is 0 Å². The van der Waals surface area contributed by atoms with Gasteiger partial charge in [-0.25, -0.2) is 0 Å². The lowest BCUT2D eigenvalue weighted by Crippen LogP contribution is -2.36. The molecular formula is C12H19NO2. The highest BCUT2D eigenvalue weighted by molar-refractivity contribution is 5.72. The Kier molecular flexibility index (Phi) is 4.09. The summed E-state index contributed by atoms with van der Waals surface area (Å²) in [6.07, 6.45) is 9.04. The van der Waals surface area contributed by atoms with E-state index in [1.165, 1.54) is 0 Å². The molecule has 0 aromatic rings. The number of hydrogen-bond acceptors (Lipinski definition) is 3. The van der Waals surface area contributed by atoms with Crippen LogP contribution in [0.15, 0.2) is 24.3 Å². The Morgan fingerprint density at radius 2 is 2.20 bits per heavy atom. The maximum absolute atomic E-state index is 11.4. The summed E-state index contributed by atoms with van der Waals surface area (Å²) in [7, 11) is 0. The molecule has 84 valence electrons. The van der Waals surface area contributed by atoms with Crippen molar-refractivity contribution < 1.29 is 9.53 Å². The number of nitrogens with one attached hydrogen (secondary N) is 1. The molecular weight excluding hydrogens is 190 g/mol. The third kappa shape index (κ3) is 5.37. The van der Waals surface area contributed by atoms with E-state index in [0.717, 1.165) is 6.42 Å². The SMILES string of the molecule is CC(C)(C)OC(=O)CN[C@@H]1C=CC=CC1. The molecule has 1 aliphatic rings. The fourth-order valence-electron chi connectivity index (χ4n) is 1.32. The van der Waals surface area contributed by atoms with Crippen molar-refractivity contribution >= 4 is 5.97 Å². The van der Waals surface area contributed by atoms with Gasteiger partial charge in [0, 0.05) is 6.04 Å². The number of esters is 1. The van der Waals surface area contributed by atoms with Crippen molar-refractivity contribution in [1.82, 2.24) is 5.32 Å². The molecule has 0 spiro atoms. The molecule has 1 atom stereocenters. The Labute approximate surface area is 91.2 Å². The number of carbonyl (C=O) groups is 1.